The molecular weight excluding hydrogens is 422 g/mol. The van der Waals surface area contributed by atoms with Gasteiger partial charge in [0.25, 0.3) is 11.1 Å². The smallest absolute Gasteiger partial charge is 0.294 e. The van der Waals surface area contributed by atoms with Crippen molar-refractivity contribution in [3.05, 3.63) is 69.7 Å². The van der Waals surface area contributed by atoms with Gasteiger partial charge in [0.1, 0.15) is 6.54 Å². The van der Waals surface area contributed by atoms with Crippen LogP contribution in [0.3, 0.4) is 0 Å². The van der Waals surface area contributed by atoms with Gasteiger partial charge in [-0.1, -0.05) is 35.9 Å². The lowest BCUT2D eigenvalue weighted by molar-refractivity contribution is -0.127. The molecule has 0 radical (unpaired) electrons. The number of thioether (sulfide) groups is 1. The minimum Gasteiger partial charge on any atom is -0.350 e. The lowest BCUT2D eigenvalue weighted by Crippen LogP contribution is -2.36. The minimum atomic E-state index is -0.476. The summed E-state index contributed by atoms with van der Waals surface area (Å²) in [6.45, 7) is 1.47. The summed E-state index contributed by atoms with van der Waals surface area (Å²) in [5.74, 6) is -0.940. The molecule has 152 valence electrons. The number of nitrogens with one attached hydrogen (secondary N) is 1. The van der Waals surface area contributed by atoms with Gasteiger partial charge in [0, 0.05) is 40.4 Å². The lowest BCUT2D eigenvalue weighted by atomic mass is 10.1. The average Bonchev–Trinajstić information content (AvgIpc) is 3.16. The molecule has 8 heteroatoms. The van der Waals surface area contributed by atoms with E-state index in [2.05, 4.69) is 5.32 Å². The van der Waals surface area contributed by atoms with E-state index in [0.29, 0.717) is 15.6 Å². The van der Waals surface area contributed by atoms with Gasteiger partial charge in [0.05, 0.1) is 4.91 Å². The van der Waals surface area contributed by atoms with E-state index < -0.39 is 17.1 Å². The molecule has 0 spiro atoms. The van der Waals surface area contributed by atoms with Gasteiger partial charge < -0.3 is 9.88 Å². The molecule has 3 aromatic rings. The first-order valence-corrected chi connectivity index (χ1v) is 10.4. The summed E-state index contributed by atoms with van der Waals surface area (Å²) in [4.78, 5) is 38.8. The van der Waals surface area contributed by atoms with Gasteiger partial charge in [0.15, 0.2) is 0 Å². The zero-order valence-electron chi connectivity index (χ0n) is 16.3. The second-order valence-corrected chi connectivity index (χ2v) is 8.42. The molecule has 0 aliphatic carbocycles. The van der Waals surface area contributed by atoms with Gasteiger partial charge in [-0.2, -0.15) is 0 Å². The number of aromatic nitrogens is 1. The van der Waals surface area contributed by atoms with Crippen molar-refractivity contribution in [3.63, 3.8) is 0 Å². The maximum atomic E-state index is 12.8. The first kappa shape index (κ1) is 20.3. The number of amides is 3. The molecule has 2 heterocycles. The first-order valence-electron chi connectivity index (χ1n) is 9.19. The van der Waals surface area contributed by atoms with Crippen LogP contribution in [0, 0.1) is 6.92 Å². The van der Waals surface area contributed by atoms with Crippen molar-refractivity contribution in [1.29, 1.82) is 0 Å². The van der Waals surface area contributed by atoms with Crippen molar-refractivity contribution in [1.82, 2.24) is 9.47 Å². The minimum absolute atomic E-state index is 0.295. The van der Waals surface area contributed by atoms with Crippen LogP contribution in [0.5, 0.6) is 0 Å². The second-order valence-electron chi connectivity index (χ2n) is 6.99. The second kappa shape index (κ2) is 8.01. The van der Waals surface area contributed by atoms with Crippen LogP contribution in [-0.4, -0.2) is 33.1 Å². The predicted octanol–water partition coefficient (Wildman–Crippen LogP) is 4.82. The van der Waals surface area contributed by atoms with Crippen molar-refractivity contribution in [2.45, 2.75) is 6.92 Å². The third-order valence-corrected chi connectivity index (χ3v) is 6.01. The Labute approximate surface area is 182 Å². The molecule has 0 bridgehead atoms. The Morgan fingerprint density at radius 2 is 1.97 bits per heavy atom. The van der Waals surface area contributed by atoms with Crippen molar-refractivity contribution < 1.29 is 14.4 Å². The highest BCUT2D eigenvalue weighted by Crippen LogP contribution is 2.34. The highest BCUT2D eigenvalue weighted by molar-refractivity contribution is 8.18. The van der Waals surface area contributed by atoms with Crippen molar-refractivity contribution >= 4 is 63.1 Å². The van der Waals surface area contributed by atoms with Crippen LogP contribution < -0.4 is 5.32 Å². The van der Waals surface area contributed by atoms with Crippen LogP contribution in [0.15, 0.2) is 53.6 Å². The molecule has 0 saturated carbocycles. The molecule has 0 atom stereocenters. The van der Waals surface area contributed by atoms with Crippen molar-refractivity contribution in [2.75, 3.05) is 11.9 Å². The molecule has 1 fully saturated rings. The highest BCUT2D eigenvalue weighted by Gasteiger charge is 2.36. The topological polar surface area (TPSA) is 71.4 Å². The van der Waals surface area contributed by atoms with Crippen LogP contribution in [0.25, 0.3) is 17.0 Å². The summed E-state index contributed by atoms with van der Waals surface area (Å²) < 4.78 is 1.96. The highest BCUT2D eigenvalue weighted by atomic mass is 35.5. The van der Waals surface area contributed by atoms with E-state index in [9.17, 15) is 14.4 Å². The summed E-state index contributed by atoms with van der Waals surface area (Å²) in [6, 6.07) is 13.0. The van der Waals surface area contributed by atoms with Gasteiger partial charge in [-0.15, -0.1) is 0 Å². The molecule has 2 aromatic carbocycles. The largest absolute Gasteiger partial charge is 0.350 e. The number of para-hydroxylation sites is 1. The number of aryl methyl sites for hydroxylation is 2. The van der Waals surface area contributed by atoms with Crippen LogP contribution in [0.1, 0.15) is 11.1 Å². The number of carbonyl (C=O) groups excluding carboxylic acids is 3. The number of hydrogen-bond donors (Lipinski definition) is 1. The van der Waals surface area contributed by atoms with Crippen LogP contribution >= 0.6 is 23.4 Å². The van der Waals surface area contributed by atoms with Gasteiger partial charge in [-0.25, -0.2) is 0 Å². The lowest BCUT2D eigenvalue weighted by Gasteiger charge is -2.13. The van der Waals surface area contributed by atoms with Gasteiger partial charge in [0.2, 0.25) is 5.91 Å². The first-order chi connectivity index (χ1) is 14.3. The third kappa shape index (κ3) is 3.86. The van der Waals surface area contributed by atoms with E-state index in [1.54, 1.807) is 24.3 Å². The normalized spacial score (nSPS) is 15.4. The Hall–Kier alpha value is -3.03. The summed E-state index contributed by atoms with van der Waals surface area (Å²) >= 11 is 6.81. The van der Waals surface area contributed by atoms with E-state index >= 15 is 0 Å². The molecule has 1 N–H and O–H groups in total. The SMILES string of the molecule is Cc1ccc(Cl)cc1NC(=O)CN1C(=O)S/C(=C/c2cn(C)c3ccccc23)C1=O. The maximum absolute atomic E-state index is 12.8. The molecule has 0 unspecified atom stereocenters. The molecule has 4 rings (SSSR count). The standard InChI is InChI=1S/C22H18ClN3O3S/c1-13-7-8-15(23)10-17(13)24-20(27)12-26-21(28)19(30-22(26)29)9-14-11-25(2)18-6-4-3-5-16(14)18/h3-11H,12H2,1-2H3,(H,24,27)/b19-9+. The summed E-state index contributed by atoms with van der Waals surface area (Å²) in [6.07, 6.45) is 3.61. The van der Waals surface area contributed by atoms with Crippen molar-refractivity contribution in [2.24, 2.45) is 7.05 Å². The number of carbonyl (C=O) groups is 3. The number of hydrogen-bond acceptors (Lipinski definition) is 4. The van der Waals surface area contributed by atoms with Crippen molar-refractivity contribution in [3.8, 4) is 0 Å². The van der Waals surface area contributed by atoms with E-state index in [1.807, 2.05) is 49.0 Å². The van der Waals surface area contributed by atoms with Crippen LogP contribution in [-0.2, 0) is 16.6 Å². The van der Waals surface area contributed by atoms with Gasteiger partial charge >= 0.3 is 0 Å². The number of fused-ring (bicyclic) bond motifs is 1. The van der Waals surface area contributed by atoms with Gasteiger partial charge in [-0.3, -0.25) is 19.3 Å². The van der Waals surface area contributed by atoms with E-state index in [-0.39, 0.29) is 6.54 Å². The number of halogens is 1. The van der Waals surface area contributed by atoms with E-state index in [1.165, 1.54) is 0 Å². The van der Waals surface area contributed by atoms with Crippen LogP contribution in [0.4, 0.5) is 10.5 Å². The molecular formula is C22H18ClN3O3S. The summed E-state index contributed by atoms with van der Waals surface area (Å²) in [7, 11) is 1.92. The number of anilines is 1. The number of benzene rings is 2. The fraction of sp³-hybridized carbons (Fsp3) is 0.136. The van der Waals surface area contributed by atoms with Crippen LogP contribution in [0.2, 0.25) is 5.02 Å². The molecule has 1 aromatic heterocycles. The Balaban J connectivity index is 1.53. The molecule has 1 saturated heterocycles. The maximum Gasteiger partial charge on any atom is 0.294 e. The monoisotopic (exact) mass is 439 g/mol. The molecule has 3 amide bonds. The number of imide groups is 1. The fourth-order valence-electron chi connectivity index (χ4n) is 3.33. The Morgan fingerprint density at radius 1 is 1.20 bits per heavy atom. The van der Waals surface area contributed by atoms with E-state index in [0.717, 1.165) is 38.7 Å². The zero-order chi connectivity index (χ0) is 21.4. The number of nitrogens with zero attached hydrogens (tertiary/aromatic N) is 2. The van der Waals surface area contributed by atoms with E-state index in [4.69, 9.17) is 11.6 Å². The predicted molar refractivity (Wildman–Crippen MR) is 120 cm³/mol. The average molecular weight is 440 g/mol. The Kier molecular flexibility index (Phi) is 5.40. The fourth-order valence-corrected chi connectivity index (χ4v) is 4.33. The van der Waals surface area contributed by atoms with Gasteiger partial charge in [-0.05, 0) is 48.5 Å². The number of rotatable bonds is 4. The Bertz CT molecular complexity index is 1230. The molecule has 1 aliphatic heterocycles. The molecule has 1 aliphatic rings. The summed E-state index contributed by atoms with van der Waals surface area (Å²) in [5.41, 5.74) is 3.25. The zero-order valence-corrected chi connectivity index (χ0v) is 17.9. The Morgan fingerprint density at radius 3 is 2.77 bits per heavy atom. The molecule has 30 heavy (non-hydrogen) atoms. The third-order valence-electron chi connectivity index (χ3n) is 4.86. The summed E-state index contributed by atoms with van der Waals surface area (Å²) in [5, 5.41) is 3.71. The quantitative estimate of drug-likeness (QED) is 0.592. The molecule has 6 nitrogen and oxygen atoms in total.